The molecule has 0 aliphatic carbocycles. The highest BCUT2D eigenvalue weighted by Crippen LogP contribution is 2.37. The Bertz CT molecular complexity index is 647. The van der Waals surface area contributed by atoms with E-state index in [0.717, 1.165) is 24.1 Å². The lowest BCUT2D eigenvalue weighted by Crippen LogP contribution is -2.38. The van der Waals surface area contributed by atoms with Crippen LogP contribution in [-0.4, -0.2) is 37.0 Å². The molecule has 8 nitrogen and oxygen atoms in total. The molecule has 114 valence electrons. The molecule has 9 heteroatoms. The Morgan fingerprint density at radius 3 is 2.76 bits per heavy atom. The van der Waals surface area contributed by atoms with Gasteiger partial charge in [0.2, 0.25) is 0 Å². The number of nitrogens with one attached hydrogen (secondary N) is 1. The molecule has 2 atom stereocenters. The standard InChI is InChI=1S/C12H16N6O2.ClH/c1-18-12(15-16-17-18)10(13)11-7-5-9(20)8(19)4-6(7)2-3-14-11;/h4-5,10-11,14,19-20H,2-3,13H2,1H3;1H. The van der Waals surface area contributed by atoms with Crippen LogP contribution in [0.15, 0.2) is 12.1 Å². The van der Waals surface area contributed by atoms with Gasteiger partial charge in [-0.1, -0.05) is 0 Å². The van der Waals surface area contributed by atoms with Crippen LogP contribution in [0.2, 0.25) is 0 Å². The molecule has 0 saturated heterocycles. The van der Waals surface area contributed by atoms with E-state index in [0.29, 0.717) is 5.82 Å². The summed E-state index contributed by atoms with van der Waals surface area (Å²) in [5.74, 6) is 0.293. The number of aromatic nitrogens is 4. The number of nitrogens with two attached hydrogens (primary N) is 1. The number of phenols is 2. The Hall–Kier alpha value is -1.90. The van der Waals surface area contributed by atoms with E-state index >= 15 is 0 Å². The number of phenolic OH excluding ortho intramolecular Hbond substituents is 2. The lowest BCUT2D eigenvalue weighted by atomic mass is 9.89. The van der Waals surface area contributed by atoms with Gasteiger partial charge in [-0.3, -0.25) is 0 Å². The van der Waals surface area contributed by atoms with E-state index < -0.39 is 6.04 Å². The molecule has 2 aromatic rings. The molecule has 0 amide bonds. The molecule has 1 aliphatic heterocycles. The van der Waals surface area contributed by atoms with E-state index in [4.69, 9.17) is 5.73 Å². The molecule has 0 radical (unpaired) electrons. The lowest BCUT2D eigenvalue weighted by molar-refractivity contribution is 0.386. The number of halogens is 1. The summed E-state index contributed by atoms with van der Waals surface area (Å²) in [4.78, 5) is 0. The van der Waals surface area contributed by atoms with Crippen LogP contribution < -0.4 is 11.1 Å². The number of hydrogen-bond acceptors (Lipinski definition) is 7. The highest BCUT2D eigenvalue weighted by atomic mass is 35.5. The average Bonchev–Trinajstić information content (AvgIpc) is 2.85. The van der Waals surface area contributed by atoms with Crippen LogP contribution in [-0.2, 0) is 13.5 Å². The minimum absolute atomic E-state index is 0. The first-order valence-corrected chi connectivity index (χ1v) is 6.34. The van der Waals surface area contributed by atoms with Crippen LogP contribution in [0.4, 0.5) is 0 Å². The van der Waals surface area contributed by atoms with Crippen LogP contribution in [0.1, 0.15) is 29.0 Å². The Morgan fingerprint density at radius 1 is 1.38 bits per heavy atom. The normalized spacial score (nSPS) is 18.7. The molecule has 0 fully saturated rings. The number of tetrazole rings is 1. The minimum Gasteiger partial charge on any atom is -0.504 e. The van der Waals surface area contributed by atoms with Crippen molar-refractivity contribution < 1.29 is 10.2 Å². The van der Waals surface area contributed by atoms with Crippen LogP contribution in [0.3, 0.4) is 0 Å². The Morgan fingerprint density at radius 2 is 2.10 bits per heavy atom. The zero-order chi connectivity index (χ0) is 14.3. The van der Waals surface area contributed by atoms with Crippen molar-refractivity contribution in [1.29, 1.82) is 0 Å². The van der Waals surface area contributed by atoms with Crippen molar-refractivity contribution in [2.45, 2.75) is 18.5 Å². The number of aromatic hydroxyl groups is 2. The predicted molar refractivity (Wildman–Crippen MR) is 77.2 cm³/mol. The molecule has 1 aromatic heterocycles. The van der Waals surface area contributed by atoms with Crippen LogP contribution in [0, 0.1) is 0 Å². The van der Waals surface area contributed by atoms with Crippen molar-refractivity contribution in [2.24, 2.45) is 12.8 Å². The molecule has 1 aliphatic rings. The second kappa shape index (κ2) is 5.84. The highest BCUT2D eigenvalue weighted by molar-refractivity contribution is 5.85. The van der Waals surface area contributed by atoms with Gasteiger partial charge in [0.15, 0.2) is 17.3 Å². The van der Waals surface area contributed by atoms with Crippen LogP contribution >= 0.6 is 12.4 Å². The summed E-state index contributed by atoms with van der Waals surface area (Å²) in [7, 11) is 1.73. The van der Waals surface area contributed by atoms with Gasteiger partial charge >= 0.3 is 0 Å². The first kappa shape index (κ1) is 15.5. The van der Waals surface area contributed by atoms with Gasteiger partial charge in [-0.15, -0.1) is 17.5 Å². The molecular weight excluding hydrogens is 296 g/mol. The molecule has 2 heterocycles. The third-order valence-electron chi connectivity index (χ3n) is 3.64. The number of benzene rings is 1. The number of hydrogen-bond donors (Lipinski definition) is 4. The topological polar surface area (TPSA) is 122 Å². The monoisotopic (exact) mass is 312 g/mol. The molecule has 21 heavy (non-hydrogen) atoms. The minimum atomic E-state index is -0.446. The van der Waals surface area contributed by atoms with E-state index in [-0.39, 0.29) is 29.9 Å². The summed E-state index contributed by atoms with van der Waals surface area (Å²) in [5, 5.41) is 33.9. The number of fused-ring (bicyclic) bond motifs is 1. The summed E-state index contributed by atoms with van der Waals surface area (Å²) in [6.07, 6.45) is 0.767. The van der Waals surface area contributed by atoms with Crippen molar-refractivity contribution in [3.05, 3.63) is 29.1 Å². The van der Waals surface area contributed by atoms with Crippen molar-refractivity contribution in [2.75, 3.05) is 6.54 Å². The van der Waals surface area contributed by atoms with Gasteiger partial charge in [0.25, 0.3) is 0 Å². The quantitative estimate of drug-likeness (QED) is 0.572. The summed E-state index contributed by atoms with van der Waals surface area (Å²) in [5.41, 5.74) is 8.08. The molecule has 2 unspecified atom stereocenters. The maximum Gasteiger partial charge on any atom is 0.169 e. The second-order valence-corrected chi connectivity index (χ2v) is 4.91. The van der Waals surface area contributed by atoms with Crippen LogP contribution in [0.5, 0.6) is 11.5 Å². The van der Waals surface area contributed by atoms with Crippen LogP contribution in [0.25, 0.3) is 0 Å². The predicted octanol–water partition coefficient (Wildman–Crippen LogP) is -0.0701. The molecule has 0 saturated carbocycles. The maximum atomic E-state index is 9.70. The second-order valence-electron chi connectivity index (χ2n) is 4.91. The van der Waals surface area contributed by atoms with Crippen molar-refractivity contribution in [3.8, 4) is 11.5 Å². The average molecular weight is 313 g/mol. The third kappa shape index (κ3) is 2.65. The Kier molecular flexibility index (Phi) is 4.31. The van der Waals surface area contributed by atoms with Gasteiger partial charge in [-0.05, 0) is 46.7 Å². The fraction of sp³-hybridized carbons (Fsp3) is 0.417. The fourth-order valence-electron chi connectivity index (χ4n) is 2.60. The van der Waals surface area contributed by atoms with Gasteiger partial charge in [0, 0.05) is 7.05 Å². The largest absolute Gasteiger partial charge is 0.504 e. The lowest BCUT2D eigenvalue weighted by Gasteiger charge is -2.30. The van der Waals surface area contributed by atoms with E-state index in [2.05, 4.69) is 20.8 Å². The number of nitrogens with zero attached hydrogens (tertiary/aromatic N) is 4. The van der Waals surface area contributed by atoms with E-state index in [1.165, 1.54) is 4.68 Å². The molecular formula is C12H17ClN6O2. The summed E-state index contributed by atoms with van der Waals surface area (Å²) in [6, 6.07) is 2.47. The number of rotatable bonds is 2. The first-order valence-electron chi connectivity index (χ1n) is 6.34. The highest BCUT2D eigenvalue weighted by Gasteiger charge is 2.30. The van der Waals surface area contributed by atoms with Crippen molar-refractivity contribution >= 4 is 12.4 Å². The van der Waals surface area contributed by atoms with E-state index in [1.807, 2.05) is 0 Å². The SMILES string of the molecule is Cl.Cn1nnnc1C(N)C1NCCc2cc(O)c(O)cc21. The van der Waals surface area contributed by atoms with Gasteiger partial charge in [-0.2, -0.15) is 0 Å². The Balaban J connectivity index is 0.00000161. The van der Waals surface area contributed by atoms with Gasteiger partial charge < -0.3 is 21.3 Å². The van der Waals surface area contributed by atoms with Crippen molar-refractivity contribution in [3.63, 3.8) is 0 Å². The number of aryl methyl sites for hydroxylation is 1. The third-order valence-corrected chi connectivity index (χ3v) is 3.64. The zero-order valence-electron chi connectivity index (χ0n) is 11.4. The molecule has 0 spiro atoms. The van der Waals surface area contributed by atoms with Crippen molar-refractivity contribution in [1.82, 2.24) is 25.5 Å². The first-order chi connectivity index (χ1) is 9.58. The maximum absolute atomic E-state index is 9.70. The van der Waals surface area contributed by atoms with Gasteiger partial charge in [-0.25, -0.2) is 4.68 Å². The smallest absolute Gasteiger partial charge is 0.169 e. The molecule has 1 aromatic carbocycles. The summed E-state index contributed by atoms with van der Waals surface area (Å²) in [6.45, 7) is 0.737. The zero-order valence-corrected chi connectivity index (χ0v) is 12.2. The molecule has 5 N–H and O–H groups in total. The van der Waals surface area contributed by atoms with Gasteiger partial charge in [0.05, 0.1) is 12.1 Å². The summed E-state index contributed by atoms with van der Waals surface area (Å²) < 4.78 is 1.53. The summed E-state index contributed by atoms with van der Waals surface area (Å²) >= 11 is 0. The van der Waals surface area contributed by atoms with E-state index in [9.17, 15) is 10.2 Å². The van der Waals surface area contributed by atoms with E-state index in [1.54, 1.807) is 19.2 Å². The fourth-order valence-corrected chi connectivity index (χ4v) is 2.60. The van der Waals surface area contributed by atoms with Gasteiger partial charge in [0.1, 0.15) is 0 Å². The molecule has 0 bridgehead atoms. The molecule has 3 rings (SSSR count). The Labute approximate surface area is 127 Å².